The van der Waals surface area contributed by atoms with Crippen LogP contribution < -0.4 is 0 Å². The smallest absolute Gasteiger partial charge is 0.304 e. The minimum atomic E-state index is -0.961. The second-order valence-electron chi connectivity index (χ2n) is 4.17. The van der Waals surface area contributed by atoms with Gasteiger partial charge in [-0.1, -0.05) is 6.92 Å². The molecule has 16 heavy (non-hydrogen) atoms. The lowest BCUT2D eigenvalue weighted by molar-refractivity contribution is -0.137. The van der Waals surface area contributed by atoms with E-state index in [9.17, 15) is 9.59 Å². The molecule has 0 fully saturated rings. The molecule has 0 aliphatic rings. The minimum absolute atomic E-state index is 0.147. The summed E-state index contributed by atoms with van der Waals surface area (Å²) in [6, 6.07) is 0.191. The van der Waals surface area contributed by atoms with Crippen molar-refractivity contribution in [3.63, 3.8) is 0 Å². The largest absolute Gasteiger partial charge is 0.481 e. The first-order valence-corrected chi connectivity index (χ1v) is 5.22. The molecular formula is C11H16N2O3. The van der Waals surface area contributed by atoms with Crippen molar-refractivity contribution < 1.29 is 14.7 Å². The number of nitrogens with zero attached hydrogens (tertiary/aromatic N) is 2. The number of carboxylic acid groups (broad SMARTS) is 1. The van der Waals surface area contributed by atoms with E-state index in [1.54, 1.807) is 17.8 Å². The van der Waals surface area contributed by atoms with Gasteiger partial charge >= 0.3 is 5.97 Å². The zero-order chi connectivity index (χ0) is 12.3. The normalized spacial score (nSPS) is 12.8. The van der Waals surface area contributed by atoms with E-state index in [1.165, 1.54) is 6.20 Å². The summed E-state index contributed by atoms with van der Waals surface area (Å²) in [7, 11) is 0. The number of aliphatic carboxylic acids is 1. The Morgan fingerprint density at radius 1 is 1.44 bits per heavy atom. The molecule has 0 saturated heterocycles. The maximum absolute atomic E-state index is 11.8. The van der Waals surface area contributed by atoms with Gasteiger partial charge in [0.2, 0.25) is 0 Å². The maximum atomic E-state index is 11.8. The van der Waals surface area contributed by atoms with Crippen molar-refractivity contribution in [1.82, 2.24) is 9.78 Å². The Balaban J connectivity index is 2.76. The standard InChI is InChI=1S/C11H16N2O3/c1-7(2)13-6-9(5-12-13)11(16)8(3)4-10(14)15/h5-8H,4H2,1-3H3,(H,14,15). The molecule has 0 aromatic carbocycles. The summed E-state index contributed by atoms with van der Waals surface area (Å²) in [6.07, 6.45) is 3.00. The Labute approximate surface area is 94.1 Å². The molecular weight excluding hydrogens is 208 g/mol. The lowest BCUT2D eigenvalue weighted by Gasteiger charge is -2.05. The van der Waals surface area contributed by atoms with Crippen LogP contribution in [0.15, 0.2) is 12.4 Å². The van der Waals surface area contributed by atoms with Crippen LogP contribution in [-0.2, 0) is 4.79 Å². The van der Waals surface area contributed by atoms with Gasteiger partial charge in [-0.3, -0.25) is 14.3 Å². The molecule has 1 aromatic heterocycles. The van der Waals surface area contributed by atoms with E-state index in [1.807, 2.05) is 13.8 Å². The van der Waals surface area contributed by atoms with Crippen molar-refractivity contribution in [1.29, 1.82) is 0 Å². The van der Waals surface area contributed by atoms with E-state index in [4.69, 9.17) is 5.11 Å². The summed E-state index contributed by atoms with van der Waals surface area (Å²) >= 11 is 0. The number of rotatable bonds is 5. The Morgan fingerprint density at radius 2 is 2.06 bits per heavy atom. The van der Waals surface area contributed by atoms with Gasteiger partial charge in [0.25, 0.3) is 0 Å². The van der Waals surface area contributed by atoms with Gasteiger partial charge in [-0.05, 0) is 13.8 Å². The van der Waals surface area contributed by atoms with Crippen molar-refractivity contribution in [3.8, 4) is 0 Å². The van der Waals surface area contributed by atoms with E-state index in [0.717, 1.165) is 0 Å². The van der Waals surface area contributed by atoms with Gasteiger partial charge in [0.1, 0.15) is 0 Å². The Kier molecular flexibility index (Phi) is 3.82. The van der Waals surface area contributed by atoms with Gasteiger partial charge in [0, 0.05) is 18.2 Å². The minimum Gasteiger partial charge on any atom is -0.481 e. The van der Waals surface area contributed by atoms with Gasteiger partial charge in [0.15, 0.2) is 5.78 Å². The highest BCUT2D eigenvalue weighted by atomic mass is 16.4. The average Bonchev–Trinajstić information content (AvgIpc) is 2.64. The molecule has 1 N–H and O–H groups in total. The highest BCUT2D eigenvalue weighted by Crippen LogP contribution is 2.13. The molecule has 0 aliphatic heterocycles. The van der Waals surface area contributed by atoms with E-state index in [-0.39, 0.29) is 18.2 Å². The predicted octanol–water partition coefficient (Wildman–Crippen LogP) is 1.76. The van der Waals surface area contributed by atoms with Gasteiger partial charge in [-0.25, -0.2) is 0 Å². The molecule has 1 atom stereocenters. The SMILES string of the molecule is CC(CC(=O)O)C(=O)c1cnn(C(C)C)c1. The van der Waals surface area contributed by atoms with Gasteiger partial charge in [0.05, 0.1) is 18.2 Å². The number of hydrogen-bond donors (Lipinski definition) is 1. The second kappa shape index (κ2) is 4.92. The fraction of sp³-hybridized carbons (Fsp3) is 0.545. The quantitative estimate of drug-likeness (QED) is 0.773. The van der Waals surface area contributed by atoms with Crippen LogP contribution in [0.4, 0.5) is 0 Å². The molecule has 88 valence electrons. The molecule has 5 heteroatoms. The van der Waals surface area contributed by atoms with Crippen LogP contribution in [0.1, 0.15) is 43.6 Å². The summed E-state index contributed by atoms with van der Waals surface area (Å²) < 4.78 is 1.68. The number of ketones is 1. The number of carboxylic acids is 1. The Hall–Kier alpha value is -1.65. The van der Waals surface area contributed by atoms with Crippen molar-refractivity contribution in [2.45, 2.75) is 33.2 Å². The first-order valence-electron chi connectivity index (χ1n) is 5.22. The fourth-order valence-electron chi connectivity index (χ4n) is 1.39. The maximum Gasteiger partial charge on any atom is 0.304 e. The molecule has 1 rings (SSSR count). The number of hydrogen-bond acceptors (Lipinski definition) is 3. The summed E-state index contributed by atoms with van der Waals surface area (Å²) in [5.74, 6) is -1.64. The summed E-state index contributed by atoms with van der Waals surface area (Å²) in [4.78, 5) is 22.3. The molecule has 0 bridgehead atoms. The zero-order valence-electron chi connectivity index (χ0n) is 9.67. The van der Waals surface area contributed by atoms with Crippen LogP contribution in [0.2, 0.25) is 0 Å². The number of carbonyl (C=O) groups excluding carboxylic acids is 1. The summed E-state index contributed by atoms with van der Waals surface area (Å²) in [5.41, 5.74) is 0.474. The second-order valence-corrected chi connectivity index (χ2v) is 4.17. The van der Waals surface area contributed by atoms with Crippen LogP contribution in [-0.4, -0.2) is 26.6 Å². The van der Waals surface area contributed by atoms with Crippen molar-refractivity contribution >= 4 is 11.8 Å². The fourth-order valence-corrected chi connectivity index (χ4v) is 1.39. The van der Waals surface area contributed by atoms with E-state index in [0.29, 0.717) is 5.56 Å². The van der Waals surface area contributed by atoms with Gasteiger partial charge in [-0.15, -0.1) is 0 Å². The first kappa shape index (κ1) is 12.4. The highest BCUT2D eigenvalue weighted by molar-refractivity contribution is 5.98. The van der Waals surface area contributed by atoms with Crippen molar-refractivity contribution in [2.75, 3.05) is 0 Å². The third-order valence-corrected chi connectivity index (χ3v) is 2.34. The molecule has 0 saturated carbocycles. The molecule has 1 unspecified atom stereocenters. The monoisotopic (exact) mass is 224 g/mol. The molecule has 1 heterocycles. The third kappa shape index (κ3) is 2.92. The molecule has 0 radical (unpaired) electrons. The topological polar surface area (TPSA) is 72.2 Å². The van der Waals surface area contributed by atoms with Crippen LogP contribution in [0.25, 0.3) is 0 Å². The predicted molar refractivity (Wildman–Crippen MR) is 58.4 cm³/mol. The summed E-state index contributed by atoms with van der Waals surface area (Å²) in [5, 5.41) is 12.6. The Morgan fingerprint density at radius 3 is 2.50 bits per heavy atom. The highest BCUT2D eigenvalue weighted by Gasteiger charge is 2.19. The van der Waals surface area contributed by atoms with Crippen LogP contribution in [0.5, 0.6) is 0 Å². The van der Waals surface area contributed by atoms with Crippen LogP contribution >= 0.6 is 0 Å². The van der Waals surface area contributed by atoms with E-state index in [2.05, 4.69) is 5.10 Å². The molecule has 0 amide bonds. The summed E-state index contributed by atoms with van der Waals surface area (Å²) in [6.45, 7) is 5.53. The molecule has 1 aromatic rings. The van der Waals surface area contributed by atoms with Crippen molar-refractivity contribution in [2.24, 2.45) is 5.92 Å². The zero-order valence-corrected chi connectivity index (χ0v) is 9.67. The molecule has 0 aliphatic carbocycles. The lowest BCUT2D eigenvalue weighted by atomic mass is 9.99. The number of Topliss-reactive ketones (excluding diaryl/α,β-unsaturated/α-hetero) is 1. The van der Waals surface area contributed by atoms with E-state index >= 15 is 0 Å². The molecule has 0 spiro atoms. The van der Waals surface area contributed by atoms with Gasteiger partial charge in [-0.2, -0.15) is 5.10 Å². The van der Waals surface area contributed by atoms with Crippen LogP contribution in [0, 0.1) is 5.92 Å². The number of carbonyl (C=O) groups is 2. The van der Waals surface area contributed by atoms with E-state index < -0.39 is 11.9 Å². The van der Waals surface area contributed by atoms with Crippen LogP contribution in [0.3, 0.4) is 0 Å². The number of aromatic nitrogens is 2. The lowest BCUT2D eigenvalue weighted by Crippen LogP contribution is -2.15. The van der Waals surface area contributed by atoms with Crippen molar-refractivity contribution in [3.05, 3.63) is 18.0 Å². The van der Waals surface area contributed by atoms with Gasteiger partial charge < -0.3 is 5.11 Å². The average molecular weight is 224 g/mol. The third-order valence-electron chi connectivity index (χ3n) is 2.34. The first-order chi connectivity index (χ1) is 7.41. The molecule has 5 nitrogen and oxygen atoms in total. The Bertz CT molecular complexity index is 396.